The predicted molar refractivity (Wildman–Crippen MR) is 122 cm³/mol. The first-order valence-electron chi connectivity index (χ1n) is 10.9. The van der Waals surface area contributed by atoms with Gasteiger partial charge in [0.15, 0.2) is 0 Å². The number of nitrogens with one attached hydrogen (secondary N) is 2. The number of carboxylic acids is 1. The zero-order chi connectivity index (χ0) is 23.5. The van der Waals surface area contributed by atoms with Crippen molar-refractivity contribution in [2.45, 2.75) is 44.4 Å². The van der Waals surface area contributed by atoms with Crippen molar-refractivity contribution < 1.29 is 29.0 Å². The molecule has 0 saturated carbocycles. The highest BCUT2D eigenvalue weighted by molar-refractivity contribution is 6.02. The molecule has 2 aromatic carbocycles. The van der Waals surface area contributed by atoms with Gasteiger partial charge in [-0.1, -0.05) is 12.1 Å². The maximum Gasteiger partial charge on any atom is 0.323 e. The average Bonchev–Trinajstić information content (AvgIpc) is 2.76. The number of aryl methyl sites for hydroxylation is 1. The van der Waals surface area contributed by atoms with Gasteiger partial charge in [-0.3, -0.25) is 9.59 Å². The second kappa shape index (κ2) is 9.50. The highest BCUT2D eigenvalue weighted by atomic mass is 16.5. The van der Waals surface area contributed by atoms with Crippen molar-refractivity contribution in [1.29, 1.82) is 0 Å². The first-order valence-corrected chi connectivity index (χ1v) is 10.9. The van der Waals surface area contributed by atoms with Crippen LogP contribution in [0.2, 0.25) is 0 Å². The fourth-order valence-corrected chi connectivity index (χ4v) is 4.32. The molecule has 1 fully saturated rings. The summed E-state index contributed by atoms with van der Waals surface area (Å²) in [5.74, 6) is -0.770. The smallest absolute Gasteiger partial charge is 0.323 e. The van der Waals surface area contributed by atoms with Crippen LogP contribution in [-0.2, 0) is 9.53 Å². The van der Waals surface area contributed by atoms with E-state index < -0.39 is 24.2 Å². The standard InChI is InChI=1S/C24H27N3O6/c1-14-4-3-5-15(10-14)25-24(31)26-16-6-9-20-18(11-16)23(30)27(2)19-8-7-17(12-22(28)29)33-21(19)13-32-20/h3-6,9-11,17,19,21H,7-8,12-13H2,1-2H3,(H,28,29)(H2,25,26,31)/t17-,19-,21+/m0/s1. The second-order valence-electron chi connectivity index (χ2n) is 8.43. The fraction of sp³-hybridized carbons (Fsp3) is 0.375. The number of nitrogens with zero attached hydrogens (tertiary/aromatic N) is 1. The lowest BCUT2D eigenvalue weighted by molar-refractivity contribution is -0.148. The zero-order valence-electron chi connectivity index (χ0n) is 18.5. The number of fused-ring (bicyclic) bond motifs is 2. The van der Waals surface area contributed by atoms with Gasteiger partial charge in [0.05, 0.1) is 24.1 Å². The van der Waals surface area contributed by atoms with Crippen molar-refractivity contribution in [3.8, 4) is 5.75 Å². The molecule has 9 heteroatoms. The first kappa shape index (κ1) is 22.6. The van der Waals surface area contributed by atoms with Crippen molar-refractivity contribution in [3.63, 3.8) is 0 Å². The molecule has 2 heterocycles. The van der Waals surface area contributed by atoms with E-state index in [1.807, 2.05) is 25.1 Å². The summed E-state index contributed by atoms with van der Waals surface area (Å²) in [6, 6.07) is 11.7. The molecule has 0 radical (unpaired) electrons. The maximum atomic E-state index is 13.2. The minimum atomic E-state index is -0.911. The quantitative estimate of drug-likeness (QED) is 0.652. The summed E-state index contributed by atoms with van der Waals surface area (Å²) in [4.78, 5) is 38.3. The minimum Gasteiger partial charge on any atom is -0.490 e. The number of carbonyl (C=O) groups is 3. The van der Waals surface area contributed by atoms with Crippen molar-refractivity contribution in [2.24, 2.45) is 0 Å². The average molecular weight is 453 g/mol. The van der Waals surface area contributed by atoms with Gasteiger partial charge in [0.1, 0.15) is 18.5 Å². The Morgan fingerprint density at radius 1 is 1.12 bits per heavy atom. The van der Waals surface area contributed by atoms with Gasteiger partial charge in [-0.15, -0.1) is 0 Å². The SMILES string of the molecule is Cc1cccc(NC(=O)Nc2ccc3c(c2)C(=O)N(C)[C@H]2CC[C@@H](CC(=O)O)O[C@@H]2CO3)c1. The highest BCUT2D eigenvalue weighted by Gasteiger charge is 2.39. The molecule has 33 heavy (non-hydrogen) atoms. The summed E-state index contributed by atoms with van der Waals surface area (Å²) in [6.45, 7) is 2.14. The number of carboxylic acid groups (broad SMARTS) is 1. The number of hydrogen-bond donors (Lipinski definition) is 3. The largest absolute Gasteiger partial charge is 0.490 e. The van der Waals surface area contributed by atoms with E-state index in [4.69, 9.17) is 14.6 Å². The van der Waals surface area contributed by atoms with Gasteiger partial charge >= 0.3 is 12.0 Å². The molecule has 0 unspecified atom stereocenters. The van der Waals surface area contributed by atoms with Crippen LogP contribution in [-0.4, -0.2) is 59.8 Å². The highest BCUT2D eigenvalue weighted by Crippen LogP contribution is 2.32. The Morgan fingerprint density at radius 3 is 2.61 bits per heavy atom. The third-order valence-electron chi connectivity index (χ3n) is 5.95. The molecule has 3 N–H and O–H groups in total. The first-order chi connectivity index (χ1) is 15.8. The van der Waals surface area contributed by atoms with Gasteiger partial charge < -0.3 is 30.1 Å². The van der Waals surface area contributed by atoms with E-state index in [0.717, 1.165) is 5.56 Å². The molecular formula is C24H27N3O6. The lowest BCUT2D eigenvalue weighted by Gasteiger charge is -2.42. The van der Waals surface area contributed by atoms with Crippen molar-refractivity contribution in [1.82, 2.24) is 4.90 Å². The monoisotopic (exact) mass is 453 g/mol. The summed E-state index contributed by atoms with van der Waals surface area (Å²) in [6.07, 6.45) is 0.298. The van der Waals surface area contributed by atoms with Crippen LogP contribution in [0.25, 0.3) is 0 Å². The Balaban J connectivity index is 1.48. The third-order valence-corrected chi connectivity index (χ3v) is 5.95. The van der Waals surface area contributed by atoms with Crippen LogP contribution >= 0.6 is 0 Å². The van der Waals surface area contributed by atoms with E-state index in [9.17, 15) is 14.4 Å². The number of benzene rings is 2. The third kappa shape index (κ3) is 5.25. The van der Waals surface area contributed by atoms with Crippen LogP contribution in [0.15, 0.2) is 42.5 Å². The Hall–Kier alpha value is -3.59. The number of hydrogen-bond acceptors (Lipinski definition) is 5. The molecule has 3 amide bonds. The molecule has 9 nitrogen and oxygen atoms in total. The molecular weight excluding hydrogens is 426 g/mol. The molecule has 4 rings (SSSR count). The molecule has 0 bridgehead atoms. The molecule has 0 aliphatic carbocycles. The van der Waals surface area contributed by atoms with E-state index >= 15 is 0 Å². The van der Waals surface area contributed by atoms with Crippen molar-refractivity contribution in [3.05, 3.63) is 53.6 Å². The molecule has 2 aromatic rings. The van der Waals surface area contributed by atoms with Gasteiger partial charge in [-0.05, 0) is 55.7 Å². The van der Waals surface area contributed by atoms with Gasteiger partial charge in [-0.25, -0.2) is 4.79 Å². The van der Waals surface area contributed by atoms with E-state index in [2.05, 4.69) is 10.6 Å². The molecule has 174 valence electrons. The van der Waals surface area contributed by atoms with Crippen LogP contribution in [0.4, 0.5) is 16.2 Å². The van der Waals surface area contributed by atoms with E-state index in [-0.39, 0.29) is 25.0 Å². The summed E-state index contributed by atoms with van der Waals surface area (Å²) in [7, 11) is 1.71. The van der Waals surface area contributed by atoms with E-state index in [1.54, 1.807) is 36.2 Å². The summed E-state index contributed by atoms with van der Waals surface area (Å²) in [5.41, 5.74) is 2.50. The van der Waals surface area contributed by atoms with Gasteiger partial charge in [-0.2, -0.15) is 0 Å². The Labute approximate surface area is 191 Å². The normalized spacial score (nSPS) is 22.2. The lowest BCUT2D eigenvalue weighted by atomic mass is 9.94. The summed E-state index contributed by atoms with van der Waals surface area (Å²) in [5, 5.41) is 14.6. The van der Waals surface area contributed by atoms with Crippen molar-refractivity contribution in [2.75, 3.05) is 24.3 Å². The number of aliphatic carboxylic acids is 1. The van der Waals surface area contributed by atoms with E-state index in [0.29, 0.717) is 35.5 Å². The molecule has 0 spiro atoms. The van der Waals surface area contributed by atoms with E-state index in [1.165, 1.54) is 0 Å². The molecule has 3 atom stereocenters. The molecule has 0 aromatic heterocycles. The van der Waals surface area contributed by atoms with Crippen LogP contribution in [0.3, 0.4) is 0 Å². The van der Waals surface area contributed by atoms with Gasteiger partial charge in [0.25, 0.3) is 5.91 Å². The second-order valence-corrected chi connectivity index (χ2v) is 8.43. The van der Waals surface area contributed by atoms with Crippen LogP contribution in [0.5, 0.6) is 5.75 Å². The number of amides is 3. The number of carbonyl (C=O) groups excluding carboxylic acids is 2. The minimum absolute atomic E-state index is 0.0723. The summed E-state index contributed by atoms with van der Waals surface area (Å²) < 4.78 is 11.8. The number of anilines is 2. The topological polar surface area (TPSA) is 117 Å². The Bertz CT molecular complexity index is 1070. The maximum absolute atomic E-state index is 13.2. The van der Waals surface area contributed by atoms with Crippen molar-refractivity contribution >= 4 is 29.3 Å². The molecule has 1 saturated heterocycles. The van der Waals surface area contributed by atoms with Gasteiger partial charge in [0, 0.05) is 18.4 Å². The van der Waals surface area contributed by atoms with Crippen LogP contribution in [0.1, 0.15) is 35.2 Å². The molecule has 2 aliphatic heterocycles. The van der Waals surface area contributed by atoms with Crippen LogP contribution in [0, 0.1) is 6.92 Å². The number of likely N-dealkylation sites (N-methyl/N-ethyl adjacent to an activating group) is 1. The number of ether oxygens (including phenoxy) is 2. The Kier molecular flexibility index (Phi) is 6.50. The predicted octanol–water partition coefficient (Wildman–Crippen LogP) is 3.49. The fourth-order valence-electron chi connectivity index (χ4n) is 4.32. The lowest BCUT2D eigenvalue weighted by Crippen LogP contribution is -2.53. The van der Waals surface area contributed by atoms with Crippen LogP contribution < -0.4 is 15.4 Å². The number of rotatable bonds is 4. The Morgan fingerprint density at radius 2 is 1.88 bits per heavy atom. The zero-order valence-corrected chi connectivity index (χ0v) is 18.5. The summed E-state index contributed by atoms with van der Waals surface area (Å²) >= 11 is 0. The number of urea groups is 1. The van der Waals surface area contributed by atoms with Gasteiger partial charge in [0.2, 0.25) is 0 Å². The molecule has 2 aliphatic rings.